The molecule has 1 aromatic rings. The fourth-order valence-electron chi connectivity index (χ4n) is 1.82. The van der Waals surface area contributed by atoms with Crippen molar-refractivity contribution in [1.29, 1.82) is 0 Å². The SMILES string of the molecule is FC(F)(F)c1ccccc1N1C=CCCC1. The summed E-state index contributed by atoms with van der Waals surface area (Å²) in [6.07, 6.45) is 1.17. The number of benzene rings is 1. The van der Waals surface area contributed by atoms with Crippen molar-refractivity contribution in [3.8, 4) is 0 Å². The third-order valence-electron chi connectivity index (χ3n) is 2.57. The van der Waals surface area contributed by atoms with Gasteiger partial charge >= 0.3 is 6.18 Å². The average molecular weight is 227 g/mol. The molecule has 0 unspecified atom stereocenters. The topological polar surface area (TPSA) is 3.24 Å². The molecular formula is C12H12F3N. The summed E-state index contributed by atoms with van der Waals surface area (Å²) in [4.78, 5) is 1.66. The zero-order chi connectivity index (χ0) is 11.6. The summed E-state index contributed by atoms with van der Waals surface area (Å²) in [7, 11) is 0. The maximum atomic E-state index is 12.8. The molecule has 1 heterocycles. The molecule has 0 spiro atoms. The highest BCUT2D eigenvalue weighted by Crippen LogP contribution is 2.37. The number of anilines is 1. The molecule has 2 rings (SSSR count). The quantitative estimate of drug-likeness (QED) is 0.705. The molecule has 4 heteroatoms. The average Bonchev–Trinajstić information content (AvgIpc) is 2.29. The van der Waals surface area contributed by atoms with Crippen LogP contribution in [-0.4, -0.2) is 6.54 Å². The highest BCUT2D eigenvalue weighted by molar-refractivity contribution is 5.57. The van der Waals surface area contributed by atoms with Gasteiger partial charge in [-0.2, -0.15) is 13.2 Å². The molecule has 0 atom stereocenters. The molecule has 0 aliphatic carbocycles. The van der Waals surface area contributed by atoms with Gasteiger partial charge in [-0.25, -0.2) is 0 Å². The molecule has 1 nitrogen and oxygen atoms in total. The van der Waals surface area contributed by atoms with Crippen LogP contribution in [0.5, 0.6) is 0 Å². The maximum Gasteiger partial charge on any atom is 0.418 e. The van der Waals surface area contributed by atoms with Crippen LogP contribution < -0.4 is 4.90 Å². The van der Waals surface area contributed by atoms with E-state index in [0.717, 1.165) is 18.9 Å². The second-order valence-corrected chi connectivity index (χ2v) is 3.74. The second kappa shape index (κ2) is 4.20. The van der Waals surface area contributed by atoms with Crippen LogP contribution in [0.4, 0.5) is 18.9 Å². The van der Waals surface area contributed by atoms with E-state index in [2.05, 4.69) is 0 Å². The number of para-hydroxylation sites is 1. The molecule has 1 aliphatic rings. The van der Waals surface area contributed by atoms with Crippen LogP contribution in [0.15, 0.2) is 36.5 Å². The summed E-state index contributed by atoms with van der Waals surface area (Å²) >= 11 is 0. The number of hydrogen-bond donors (Lipinski definition) is 0. The van der Waals surface area contributed by atoms with Gasteiger partial charge in [-0.1, -0.05) is 18.2 Å². The summed E-state index contributed by atoms with van der Waals surface area (Å²) in [6.45, 7) is 0.642. The Balaban J connectivity index is 2.40. The number of allylic oxidation sites excluding steroid dienone is 1. The standard InChI is InChI=1S/C12H12F3N/c13-12(14,15)10-6-2-3-7-11(10)16-8-4-1-5-9-16/h2-4,6-8H,1,5,9H2. The monoisotopic (exact) mass is 227 g/mol. The fraction of sp³-hybridized carbons (Fsp3) is 0.333. The lowest BCUT2D eigenvalue weighted by Crippen LogP contribution is -2.23. The zero-order valence-corrected chi connectivity index (χ0v) is 8.67. The summed E-state index contributed by atoms with van der Waals surface area (Å²) in [5, 5.41) is 0. The van der Waals surface area contributed by atoms with Crippen LogP contribution in [0.25, 0.3) is 0 Å². The minimum Gasteiger partial charge on any atom is -0.348 e. The molecule has 0 saturated heterocycles. The molecule has 16 heavy (non-hydrogen) atoms. The van der Waals surface area contributed by atoms with Crippen molar-refractivity contribution in [2.75, 3.05) is 11.4 Å². The van der Waals surface area contributed by atoms with Crippen molar-refractivity contribution in [3.05, 3.63) is 42.1 Å². The molecule has 0 N–H and O–H groups in total. The number of hydrogen-bond acceptors (Lipinski definition) is 1. The van der Waals surface area contributed by atoms with E-state index in [1.54, 1.807) is 17.2 Å². The van der Waals surface area contributed by atoms with Gasteiger partial charge in [-0.15, -0.1) is 0 Å². The van der Waals surface area contributed by atoms with Crippen molar-refractivity contribution in [2.45, 2.75) is 19.0 Å². The summed E-state index contributed by atoms with van der Waals surface area (Å²) in [5.74, 6) is 0. The normalized spacial score (nSPS) is 16.6. The van der Waals surface area contributed by atoms with Crippen molar-refractivity contribution in [1.82, 2.24) is 0 Å². The molecule has 1 aromatic carbocycles. The zero-order valence-electron chi connectivity index (χ0n) is 8.67. The first kappa shape index (κ1) is 11.0. The Labute approximate surface area is 92.2 Å². The minimum absolute atomic E-state index is 0.242. The van der Waals surface area contributed by atoms with Crippen LogP contribution in [-0.2, 0) is 6.18 Å². The van der Waals surface area contributed by atoms with Gasteiger partial charge in [-0.3, -0.25) is 0 Å². The Morgan fingerprint density at radius 1 is 1.12 bits per heavy atom. The van der Waals surface area contributed by atoms with E-state index >= 15 is 0 Å². The smallest absolute Gasteiger partial charge is 0.348 e. The molecule has 1 aliphatic heterocycles. The van der Waals surface area contributed by atoms with E-state index in [0.29, 0.717) is 6.54 Å². The molecule has 86 valence electrons. The molecule has 0 bridgehead atoms. The molecule has 0 radical (unpaired) electrons. The van der Waals surface area contributed by atoms with Crippen LogP contribution in [0.3, 0.4) is 0 Å². The summed E-state index contributed by atoms with van der Waals surface area (Å²) in [5.41, 5.74) is -0.326. The number of rotatable bonds is 1. The van der Waals surface area contributed by atoms with E-state index in [-0.39, 0.29) is 5.69 Å². The van der Waals surface area contributed by atoms with Crippen molar-refractivity contribution >= 4 is 5.69 Å². The molecular weight excluding hydrogens is 215 g/mol. The van der Waals surface area contributed by atoms with Gasteiger partial charge in [0.2, 0.25) is 0 Å². The van der Waals surface area contributed by atoms with Crippen LogP contribution in [0.1, 0.15) is 18.4 Å². The fourth-order valence-corrected chi connectivity index (χ4v) is 1.82. The Morgan fingerprint density at radius 2 is 1.88 bits per heavy atom. The van der Waals surface area contributed by atoms with E-state index in [1.165, 1.54) is 12.1 Å². The maximum absolute atomic E-state index is 12.8. The predicted octanol–water partition coefficient (Wildman–Crippen LogP) is 3.82. The molecule has 0 saturated carbocycles. The summed E-state index contributed by atoms with van der Waals surface area (Å²) < 4.78 is 38.3. The number of halogens is 3. The van der Waals surface area contributed by atoms with Gasteiger partial charge in [0.15, 0.2) is 0 Å². The lowest BCUT2D eigenvalue weighted by molar-refractivity contribution is -0.137. The van der Waals surface area contributed by atoms with E-state index in [1.807, 2.05) is 6.08 Å². The van der Waals surface area contributed by atoms with Crippen LogP contribution >= 0.6 is 0 Å². The Morgan fingerprint density at radius 3 is 2.50 bits per heavy atom. The first-order valence-electron chi connectivity index (χ1n) is 5.18. The van der Waals surface area contributed by atoms with Gasteiger partial charge in [-0.05, 0) is 25.0 Å². The van der Waals surface area contributed by atoms with Gasteiger partial charge in [0, 0.05) is 12.7 Å². The van der Waals surface area contributed by atoms with Crippen molar-refractivity contribution in [3.63, 3.8) is 0 Å². The van der Waals surface area contributed by atoms with Gasteiger partial charge in [0.05, 0.1) is 11.3 Å². The number of nitrogens with zero attached hydrogens (tertiary/aromatic N) is 1. The Bertz CT molecular complexity index is 395. The lowest BCUT2D eigenvalue weighted by Gasteiger charge is -2.26. The first-order valence-corrected chi connectivity index (χ1v) is 5.18. The van der Waals surface area contributed by atoms with Crippen molar-refractivity contribution in [2.24, 2.45) is 0 Å². The van der Waals surface area contributed by atoms with Gasteiger partial charge < -0.3 is 4.90 Å². The molecule has 0 aromatic heterocycles. The number of alkyl halides is 3. The second-order valence-electron chi connectivity index (χ2n) is 3.74. The highest BCUT2D eigenvalue weighted by Gasteiger charge is 2.34. The Kier molecular flexibility index (Phi) is 2.90. The summed E-state index contributed by atoms with van der Waals surface area (Å²) in [6, 6.07) is 5.68. The van der Waals surface area contributed by atoms with Gasteiger partial charge in [0.1, 0.15) is 0 Å². The van der Waals surface area contributed by atoms with E-state index in [4.69, 9.17) is 0 Å². The molecule has 0 amide bonds. The highest BCUT2D eigenvalue weighted by atomic mass is 19.4. The largest absolute Gasteiger partial charge is 0.418 e. The van der Waals surface area contributed by atoms with Crippen molar-refractivity contribution < 1.29 is 13.2 Å². The predicted molar refractivity (Wildman–Crippen MR) is 57.2 cm³/mol. The molecule has 0 fully saturated rings. The van der Waals surface area contributed by atoms with E-state index < -0.39 is 11.7 Å². The van der Waals surface area contributed by atoms with Crippen LogP contribution in [0.2, 0.25) is 0 Å². The third kappa shape index (κ3) is 2.21. The van der Waals surface area contributed by atoms with E-state index in [9.17, 15) is 13.2 Å². The minimum atomic E-state index is -4.29. The lowest BCUT2D eigenvalue weighted by atomic mass is 10.1. The van der Waals surface area contributed by atoms with Crippen LogP contribution in [0, 0.1) is 0 Å². The third-order valence-corrected chi connectivity index (χ3v) is 2.57. The van der Waals surface area contributed by atoms with Gasteiger partial charge in [0.25, 0.3) is 0 Å². The Hall–Kier alpha value is -1.45. The first-order chi connectivity index (χ1) is 7.59.